The average Bonchev–Trinajstić information content (AvgIpc) is 2.92. The molecule has 0 fully saturated rings. The molecular weight excluding hydrogens is 279 g/mol. The van der Waals surface area contributed by atoms with Crippen LogP contribution >= 0.6 is 0 Å². The fourth-order valence-corrected chi connectivity index (χ4v) is 2.40. The molecule has 0 aliphatic heterocycles. The zero-order chi connectivity index (χ0) is 15.4. The number of aromatic nitrogens is 3. The summed E-state index contributed by atoms with van der Waals surface area (Å²) < 4.78 is 14.8. The first kappa shape index (κ1) is 14.4. The van der Waals surface area contributed by atoms with Gasteiger partial charge in [-0.2, -0.15) is 0 Å². The van der Waals surface area contributed by atoms with E-state index in [-0.39, 0.29) is 5.82 Å². The highest BCUT2D eigenvalue weighted by Crippen LogP contribution is 2.14. The van der Waals surface area contributed by atoms with Crippen molar-refractivity contribution in [2.75, 3.05) is 0 Å². The Kier molecular flexibility index (Phi) is 4.25. The summed E-state index contributed by atoms with van der Waals surface area (Å²) in [4.78, 5) is 0. The third-order valence-electron chi connectivity index (χ3n) is 3.57. The maximum Gasteiger partial charge on any atom is 0.123 e. The van der Waals surface area contributed by atoms with E-state index >= 15 is 0 Å². The molecule has 0 aliphatic rings. The first-order valence-electron chi connectivity index (χ1n) is 7.16. The van der Waals surface area contributed by atoms with Gasteiger partial charge < -0.3 is 5.73 Å². The van der Waals surface area contributed by atoms with Gasteiger partial charge in [-0.1, -0.05) is 47.7 Å². The first-order valence-corrected chi connectivity index (χ1v) is 7.16. The largest absolute Gasteiger partial charge is 0.325 e. The van der Waals surface area contributed by atoms with Crippen LogP contribution in [0.4, 0.5) is 4.39 Å². The van der Waals surface area contributed by atoms with E-state index < -0.39 is 0 Å². The summed E-state index contributed by atoms with van der Waals surface area (Å²) >= 11 is 0. The Morgan fingerprint density at radius 1 is 0.955 bits per heavy atom. The monoisotopic (exact) mass is 296 g/mol. The van der Waals surface area contributed by atoms with Crippen molar-refractivity contribution in [3.05, 3.63) is 82.9 Å². The molecule has 3 aromatic rings. The van der Waals surface area contributed by atoms with Gasteiger partial charge in [-0.3, -0.25) is 0 Å². The van der Waals surface area contributed by atoms with Crippen LogP contribution in [-0.2, 0) is 19.5 Å². The summed E-state index contributed by atoms with van der Waals surface area (Å²) in [5.41, 5.74) is 9.72. The number of halogens is 1. The molecule has 0 amide bonds. The van der Waals surface area contributed by atoms with Crippen molar-refractivity contribution in [2.24, 2.45) is 5.73 Å². The van der Waals surface area contributed by atoms with Gasteiger partial charge in [0.1, 0.15) is 5.82 Å². The van der Waals surface area contributed by atoms with Gasteiger partial charge in [-0.05, 0) is 23.3 Å². The molecule has 0 unspecified atom stereocenters. The van der Waals surface area contributed by atoms with Gasteiger partial charge in [0.15, 0.2) is 0 Å². The van der Waals surface area contributed by atoms with Crippen LogP contribution in [0.25, 0.3) is 0 Å². The van der Waals surface area contributed by atoms with Gasteiger partial charge in [0.05, 0.1) is 17.9 Å². The lowest BCUT2D eigenvalue weighted by Gasteiger charge is -2.08. The molecule has 0 saturated heterocycles. The van der Waals surface area contributed by atoms with Gasteiger partial charge in [0.25, 0.3) is 0 Å². The SMILES string of the molecule is NCc1nnn(Cc2ccc(F)cc2)c1Cc1ccccc1. The third kappa shape index (κ3) is 3.20. The fraction of sp³-hybridized carbons (Fsp3) is 0.176. The second-order valence-electron chi connectivity index (χ2n) is 5.13. The van der Waals surface area contributed by atoms with Crippen molar-refractivity contribution < 1.29 is 4.39 Å². The maximum absolute atomic E-state index is 13.0. The van der Waals surface area contributed by atoms with Gasteiger partial charge >= 0.3 is 0 Å². The molecule has 0 atom stereocenters. The highest BCUT2D eigenvalue weighted by molar-refractivity contribution is 5.25. The lowest BCUT2D eigenvalue weighted by molar-refractivity contribution is 0.614. The molecule has 0 aliphatic carbocycles. The zero-order valence-electron chi connectivity index (χ0n) is 12.1. The molecule has 3 rings (SSSR count). The highest BCUT2D eigenvalue weighted by atomic mass is 19.1. The van der Waals surface area contributed by atoms with E-state index in [1.807, 2.05) is 22.9 Å². The number of benzene rings is 2. The zero-order valence-corrected chi connectivity index (χ0v) is 12.1. The predicted octanol–water partition coefficient (Wildman–Crippen LogP) is 2.52. The summed E-state index contributed by atoms with van der Waals surface area (Å²) in [6.45, 7) is 0.904. The molecule has 1 heterocycles. The second kappa shape index (κ2) is 6.49. The van der Waals surface area contributed by atoms with Gasteiger partial charge in [-0.15, -0.1) is 5.10 Å². The Morgan fingerprint density at radius 3 is 2.36 bits per heavy atom. The van der Waals surface area contributed by atoms with Crippen molar-refractivity contribution in [2.45, 2.75) is 19.5 Å². The first-order chi connectivity index (χ1) is 10.8. The molecule has 22 heavy (non-hydrogen) atoms. The molecule has 0 radical (unpaired) electrons. The summed E-state index contributed by atoms with van der Waals surface area (Å²) in [5.74, 6) is -0.241. The molecule has 0 saturated carbocycles. The molecule has 0 bridgehead atoms. The molecule has 5 heteroatoms. The average molecular weight is 296 g/mol. The Balaban J connectivity index is 1.88. The minimum atomic E-state index is -0.241. The van der Waals surface area contributed by atoms with E-state index in [1.165, 1.54) is 17.7 Å². The highest BCUT2D eigenvalue weighted by Gasteiger charge is 2.12. The van der Waals surface area contributed by atoms with Crippen LogP contribution in [0.2, 0.25) is 0 Å². The lowest BCUT2D eigenvalue weighted by atomic mass is 10.1. The van der Waals surface area contributed by atoms with Crippen LogP contribution in [0.1, 0.15) is 22.5 Å². The minimum absolute atomic E-state index is 0.241. The molecule has 2 aromatic carbocycles. The standard InChI is InChI=1S/C17H17FN4/c18-15-8-6-14(7-9-15)12-22-17(16(11-19)20-21-22)10-13-4-2-1-3-5-13/h1-9H,10-12,19H2. The topological polar surface area (TPSA) is 56.7 Å². The van der Waals surface area contributed by atoms with E-state index in [0.29, 0.717) is 13.1 Å². The molecule has 112 valence electrons. The third-order valence-corrected chi connectivity index (χ3v) is 3.57. The lowest BCUT2D eigenvalue weighted by Crippen LogP contribution is -2.09. The number of hydrogen-bond donors (Lipinski definition) is 1. The molecule has 0 spiro atoms. The Morgan fingerprint density at radius 2 is 1.68 bits per heavy atom. The summed E-state index contributed by atoms with van der Waals surface area (Å²) in [6.07, 6.45) is 0.724. The van der Waals surface area contributed by atoms with E-state index in [0.717, 1.165) is 23.4 Å². The number of nitrogens with two attached hydrogens (primary N) is 1. The molecule has 2 N–H and O–H groups in total. The molecular formula is C17H17FN4. The van der Waals surface area contributed by atoms with Gasteiger partial charge in [0.2, 0.25) is 0 Å². The van der Waals surface area contributed by atoms with Crippen molar-refractivity contribution in [3.63, 3.8) is 0 Å². The smallest absolute Gasteiger partial charge is 0.123 e. The van der Waals surface area contributed by atoms with Crippen LogP contribution in [0.5, 0.6) is 0 Å². The second-order valence-corrected chi connectivity index (χ2v) is 5.13. The maximum atomic E-state index is 13.0. The van der Waals surface area contributed by atoms with Crippen LogP contribution in [0.3, 0.4) is 0 Å². The number of rotatable bonds is 5. The van der Waals surface area contributed by atoms with Crippen molar-refractivity contribution in [1.29, 1.82) is 0 Å². The van der Waals surface area contributed by atoms with E-state index in [1.54, 1.807) is 12.1 Å². The Labute approximate surface area is 128 Å². The minimum Gasteiger partial charge on any atom is -0.325 e. The summed E-state index contributed by atoms with van der Waals surface area (Å²) in [5, 5.41) is 8.35. The number of hydrogen-bond acceptors (Lipinski definition) is 3. The van der Waals surface area contributed by atoms with Crippen LogP contribution in [0, 0.1) is 5.82 Å². The number of nitrogens with zero attached hydrogens (tertiary/aromatic N) is 3. The fourth-order valence-electron chi connectivity index (χ4n) is 2.40. The van der Waals surface area contributed by atoms with Gasteiger partial charge in [0, 0.05) is 13.0 Å². The summed E-state index contributed by atoms with van der Waals surface area (Å²) in [6, 6.07) is 16.5. The van der Waals surface area contributed by atoms with Crippen molar-refractivity contribution in [3.8, 4) is 0 Å². The van der Waals surface area contributed by atoms with Crippen LogP contribution in [0.15, 0.2) is 54.6 Å². The van der Waals surface area contributed by atoms with Crippen molar-refractivity contribution in [1.82, 2.24) is 15.0 Å². The quantitative estimate of drug-likeness (QED) is 0.787. The summed E-state index contributed by atoms with van der Waals surface area (Å²) in [7, 11) is 0. The van der Waals surface area contributed by atoms with E-state index in [4.69, 9.17) is 5.73 Å². The van der Waals surface area contributed by atoms with E-state index in [9.17, 15) is 4.39 Å². The normalized spacial score (nSPS) is 10.8. The Hall–Kier alpha value is -2.53. The Bertz CT molecular complexity index is 735. The molecule has 4 nitrogen and oxygen atoms in total. The van der Waals surface area contributed by atoms with Crippen LogP contribution < -0.4 is 5.73 Å². The van der Waals surface area contributed by atoms with Crippen LogP contribution in [-0.4, -0.2) is 15.0 Å². The van der Waals surface area contributed by atoms with Crippen molar-refractivity contribution >= 4 is 0 Å². The molecule has 1 aromatic heterocycles. The predicted molar refractivity (Wildman–Crippen MR) is 82.7 cm³/mol. The van der Waals surface area contributed by atoms with Gasteiger partial charge in [-0.25, -0.2) is 9.07 Å². The van der Waals surface area contributed by atoms with E-state index in [2.05, 4.69) is 22.4 Å².